The highest BCUT2D eigenvalue weighted by Crippen LogP contribution is 2.42. The van der Waals surface area contributed by atoms with Crippen LogP contribution in [0.3, 0.4) is 0 Å². The lowest BCUT2D eigenvalue weighted by Gasteiger charge is -2.23. The second-order valence-electron chi connectivity index (χ2n) is 8.81. The summed E-state index contributed by atoms with van der Waals surface area (Å²) in [6, 6.07) is 7.38. The number of fused-ring (bicyclic) bond motifs is 2. The molecule has 2 aromatic rings. The van der Waals surface area contributed by atoms with E-state index in [9.17, 15) is 5.11 Å². The fourth-order valence-electron chi connectivity index (χ4n) is 2.82. The Kier molecular flexibility index (Phi) is 4.12. The summed E-state index contributed by atoms with van der Waals surface area (Å²) >= 11 is 3.19. The number of phenolic OH excluding ortho intramolecular Hbond substituents is 1. The first-order chi connectivity index (χ1) is 12.6. The molecule has 0 spiro atoms. The predicted octanol–water partition coefficient (Wildman–Crippen LogP) is 4.39. The van der Waals surface area contributed by atoms with Crippen LogP contribution in [0, 0.1) is 5.41 Å². The molecule has 6 nitrogen and oxygen atoms in total. The number of aromatic hydroxyl groups is 1. The first-order valence-electron chi connectivity index (χ1n) is 8.91. The minimum absolute atomic E-state index is 0.0735. The highest BCUT2D eigenvalue weighted by atomic mass is 32.2. The van der Waals surface area contributed by atoms with Crippen LogP contribution in [-0.2, 0) is 5.41 Å². The van der Waals surface area contributed by atoms with Crippen LogP contribution in [0.2, 0.25) is 0 Å². The van der Waals surface area contributed by atoms with Gasteiger partial charge < -0.3 is 5.11 Å². The fourth-order valence-corrected chi connectivity index (χ4v) is 4.82. The van der Waals surface area contributed by atoms with Gasteiger partial charge in [-0.3, -0.25) is 0 Å². The summed E-state index contributed by atoms with van der Waals surface area (Å²) in [5.41, 5.74) is 0.618. The topological polar surface area (TPSA) is 65.0 Å². The molecule has 2 aliphatic rings. The Bertz CT molecular complexity index is 965. The van der Waals surface area contributed by atoms with Crippen molar-refractivity contribution in [3.05, 3.63) is 34.8 Å². The van der Waals surface area contributed by atoms with Gasteiger partial charge in [-0.1, -0.05) is 63.5 Å². The minimum Gasteiger partial charge on any atom is -0.507 e. The zero-order chi connectivity index (χ0) is 19.6. The SMILES string of the molecule is CC(C)(C)C1=NN2C(=Nc3sc(C(C)(C)C)n[n+]3C2c2ccccc2O)S1. The first-order valence-corrected chi connectivity index (χ1v) is 10.5. The summed E-state index contributed by atoms with van der Waals surface area (Å²) in [6.07, 6.45) is -0.353. The number of rotatable bonds is 1. The number of aliphatic imine (C=N–C) groups is 1. The van der Waals surface area contributed by atoms with Gasteiger partial charge in [0.05, 0.1) is 5.56 Å². The predicted molar refractivity (Wildman–Crippen MR) is 111 cm³/mol. The Hall–Kier alpha value is -1.93. The molecule has 0 aliphatic carbocycles. The summed E-state index contributed by atoms with van der Waals surface area (Å²) < 4.78 is 1.89. The molecule has 1 N–H and O–H groups in total. The average Bonchev–Trinajstić information content (AvgIpc) is 3.16. The Balaban J connectivity index is 1.90. The molecule has 0 saturated heterocycles. The van der Waals surface area contributed by atoms with Crippen molar-refractivity contribution in [1.29, 1.82) is 0 Å². The van der Waals surface area contributed by atoms with Crippen molar-refractivity contribution in [2.24, 2.45) is 15.5 Å². The van der Waals surface area contributed by atoms with Crippen LogP contribution >= 0.6 is 23.1 Å². The van der Waals surface area contributed by atoms with Crippen LogP contribution < -0.4 is 4.68 Å². The molecular formula is C19H24N5OS2+. The van der Waals surface area contributed by atoms with Gasteiger partial charge in [-0.05, 0) is 35.2 Å². The van der Waals surface area contributed by atoms with E-state index in [1.54, 1.807) is 29.2 Å². The van der Waals surface area contributed by atoms with E-state index in [-0.39, 0.29) is 22.7 Å². The lowest BCUT2D eigenvalue weighted by atomic mass is 9.98. The maximum absolute atomic E-state index is 10.5. The highest BCUT2D eigenvalue weighted by Gasteiger charge is 2.48. The van der Waals surface area contributed by atoms with Crippen molar-refractivity contribution in [2.75, 3.05) is 0 Å². The lowest BCUT2D eigenvalue weighted by Crippen LogP contribution is -2.53. The fraction of sp³-hybridized carbons (Fsp3) is 0.474. The third kappa shape index (κ3) is 3.14. The molecule has 0 bridgehead atoms. The minimum atomic E-state index is -0.353. The van der Waals surface area contributed by atoms with E-state index < -0.39 is 0 Å². The normalized spacial score (nSPS) is 19.5. The average molecular weight is 403 g/mol. The summed E-state index contributed by atoms with van der Waals surface area (Å²) in [7, 11) is 0. The maximum atomic E-state index is 10.5. The summed E-state index contributed by atoms with van der Waals surface area (Å²) in [6.45, 7) is 12.9. The smallest absolute Gasteiger partial charge is 0.409 e. The number of benzene rings is 1. The van der Waals surface area contributed by atoms with E-state index >= 15 is 0 Å². The zero-order valence-electron chi connectivity index (χ0n) is 16.4. The highest BCUT2D eigenvalue weighted by molar-refractivity contribution is 8.27. The van der Waals surface area contributed by atoms with Crippen LogP contribution in [-0.4, -0.2) is 25.4 Å². The third-order valence-electron chi connectivity index (χ3n) is 4.32. The standard InChI is InChI=1S/C19H23N5OS2/c1-18(2,3)14-21-23-13(11-9-7-8-10-12(11)25)24-17(20-16(23)26-14)27-15(22-24)19(4,5)6/h7-10,13H,1-6H3/p+1. The molecule has 3 heterocycles. The van der Waals surface area contributed by atoms with Crippen molar-refractivity contribution in [2.45, 2.75) is 53.1 Å². The van der Waals surface area contributed by atoms with Crippen LogP contribution in [0.5, 0.6) is 5.75 Å². The van der Waals surface area contributed by atoms with Gasteiger partial charge in [0.15, 0.2) is 0 Å². The molecule has 1 unspecified atom stereocenters. The molecule has 27 heavy (non-hydrogen) atoms. The molecule has 1 aromatic carbocycles. The van der Waals surface area contributed by atoms with E-state index in [1.807, 2.05) is 27.9 Å². The summed E-state index contributed by atoms with van der Waals surface area (Å²) in [5.74, 6) is 0.233. The van der Waals surface area contributed by atoms with Gasteiger partial charge in [0.25, 0.3) is 6.17 Å². The van der Waals surface area contributed by atoms with Crippen LogP contribution in [0.25, 0.3) is 0 Å². The summed E-state index contributed by atoms with van der Waals surface area (Å²) in [4.78, 5) is 4.84. The Labute approximate surface area is 167 Å². The van der Waals surface area contributed by atoms with E-state index in [2.05, 4.69) is 41.5 Å². The number of hydrogen-bond acceptors (Lipinski definition) is 7. The van der Waals surface area contributed by atoms with Crippen molar-refractivity contribution in [1.82, 2.24) is 10.1 Å². The molecule has 142 valence electrons. The Morgan fingerprint density at radius 2 is 1.78 bits per heavy atom. The number of hydrogen-bond donors (Lipinski definition) is 1. The second-order valence-corrected chi connectivity index (χ2v) is 10.7. The number of thioether (sulfide) groups is 1. The van der Waals surface area contributed by atoms with Crippen molar-refractivity contribution in [3.63, 3.8) is 0 Å². The Morgan fingerprint density at radius 3 is 2.41 bits per heavy atom. The van der Waals surface area contributed by atoms with E-state index in [0.717, 1.165) is 25.9 Å². The monoisotopic (exact) mass is 402 g/mol. The third-order valence-corrected chi connectivity index (χ3v) is 7.01. The quantitative estimate of drug-likeness (QED) is 0.719. The van der Waals surface area contributed by atoms with Crippen molar-refractivity contribution >= 4 is 38.4 Å². The number of aromatic nitrogens is 2. The largest absolute Gasteiger partial charge is 0.507 e. The van der Waals surface area contributed by atoms with Crippen molar-refractivity contribution in [3.8, 4) is 5.75 Å². The van der Waals surface area contributed by atoms with Gasteiger partial charge in [-0.2, -0.15) is 10.1 Å². The van der Waals surface area contributed by atoms with Gasteiger partial charge >= 0.3 is 10.3 Å². The molecule has 1 aromatic heterocycles. The molecular weight excluding hydrogens is 378 g/mol. The molecule has 0 saturated carbocycles. The van der Waals surface area contributed by atoms with Gasteiger partial charge in [0.2, 0.25) is 0 Å². The van der Waals surface area contributed by atoms with Gasteiger partial charge in [0, 0.05) is 15.8 Å². The van der Waals surface area contributed by atoms with Gasteiger partial charge in [0.1, 0.15) is 15.8 Å². The number of hydrazone groups is 1. The molecule has 4 rings (SSSR count). The molecule has 1 atom stereocenters. The molecule has 0 fully saturated rings. The number of phenols is 1. The number of para-hydroxylation sites is 1. The lowest BCUT2D eigenvalue weighted by molar-refractivity contribution is -0.770. The molecule has 0 amide bonds. The summed E-state index contributed by atoms with van der Waals surface area (Å²) in [5, 5.41) is 25.8. The van der Waals surface area contributed by atoms with Gasteiger partial charge in [-0.15, -0.1) is 0 Å². The van der Waals surface area contributed by atoms with E-state index in [1.165, 1.54) is 0 Å². The zero-order valence-corrected chi connectivity index (χ0v) is 18.0. The number of nitrogens with zero attached hydrogens (tertiary/aromatic N) is 5. The van der Waals surface area contributed by atoms with E-state index in [4.69, 9.17) is 15.2 Å². The van der Waals surface area contributed by atoms with Crippen molar-refractivity contribution < 1.29 is 9.79 Å². The molecule has 8 heteroatoms. The van der Waals surface area contributed by atoms with E-state index in [0.29, 0.717) is 0 Å². The first kappa shape index (κ1) is 18.4. The number of amidine groups is 1. The van der Waals surface area contributed by atoms with Gasteiger partial charge in [-0.25, -0.2) is 0 Å². The van der Waals surface area contributed by atoms with Crippen LogP contribution in [0.4, 0.5) is 5.13 Å². The second kappa shape index (κ2) is 6.04. The van der Waals surface area contributed by atoms with Crippen LogP contribution in [0.15, 0.2) is 34.4 Å². The Morgan fingerprint density at radius 1 is 1.07 bits per heavy atom. The maximum Gasteiger partial charge on any atom is 0.409 e. The molecule has 0 radical (unpaired) electrons. The molecule has 2 aliphatic heterocycles. The van der Waals surface area contributed by atoms with Crippen LogP contribution in [0.1, 0.15) is 58.3 Å².